The van der Waals surface area contributed by atoms with Crippen molar-refractivity contribution in [1.29, 1.82) is 0 Å². The summed E-state index contributed by atoms with van der Waals surface area (Å²) in [6.07, 6.45) is 4.13. The van der Waals surface area contributed by atoms with Crippen LogP contribution in [0.15, 0.2) is 30.5 Å². The third-order valence-electron chi connectivity index (χ3n) is 5.23. The molecule has 0 bridgehead atoms. The Morgan fingerprint density at radius 1 is 1.25 bits per heavy atom. The lowest BCUT2D eigenvalue weighted by Crippen LogP contribution is -2.26. The number of aromatic nitrogens is 3. The largest absolute Gasteiger partial charge is 0.368 e. The van der Waals surface area contributed by atoms with E-state index in [0.717, 1.165) is 35.8 Å². The quantitative estimate of drug-likeness (QED) is 0.453. The number of thiazole rings is 1. The van der Waals surface area contributed by atoms with Gasteiger partial charge in [0.25, 0.3) is 0 Å². The fourth-order valence-electron chi connectivity index (χ4n) is 3.72. The van der Waals surface area contributed by atoms with Gasteiger partial charge in [-0.15, -0.1) is 11.3 Å². The van der Waals surface area contributed by atoms with Gasteiger partial charge >= 0.3 is 0 Å². The van der Waals surface area contributed by atoms with Crippen LogP contribution in [-0.2, 0) is 10.0 Å². The molecule has 11 heteroatoms. The van der Waals surface area contributed by atoms with Crippen molar-refractivity contribution in [1.82, 2.24) is 20.3 Å². The minimum atomic E-state index is -3.48. The standard InChI is InChI=1S/C21H25ClN6O2S2/c1-2-12-32(29,30)28-15-5-3-4-14(17(15)22)18-19(16-8-11-25-21(23)26-16)31-20(27-18)13-6-9-24-10-7-13/h3-5,8,11,13,24,28H,2,6-7,9-10,12H2,1H3,(H2,23,25,26). The van der Waals surface area contributed by atoms with Crippen LogP contribution in [0, 0.1) is 0 Å². The Morgan fingerprint density at radius 2 is 2.03 bits per heavy atom. The van der Waals surface area contributed by atoms with Crippen LogP contribution in [0.4, 0.5) is 11.6 Å². The van der Waals surface area contributed by atoms with Crippen molar-refractivity contribution in [2.75, 3.05) is 29.3 Å². The Balaban J connectivity index is 1.82. The monoisotopic (exact) mass is 492 g/mol. The first-order valence-electron chi connectivity index (χ1n) is 10.5. The molecule has 8 nitrogen and oxygen atoms in total. The molecule has 4 N–H and O–H groups in total. The Labute approximate surface area is 196 Å². The number of nitrogens with zero attached hydrogens (tertiary/aromatic N) is 3. The fraction of sp³-hybridized carbons (Fsp3) is 0.381. The molecule has 32 heavy (non-hydrogen) atoms. The van der Waals surface area contributed by atoms with Gasteiger partial charge in [0.15, 0.2) is 0 Å². The molecular weight excluding hydrogens is 468 g/mol. The number of rotatable bonds is 7. The normalized spacial score (nSPS) is 15.1. The summed E-state index contributed by atoms with van der Waals surface area (Å²) in [6, 6.07) is 7.06. The van der Waals surface area contributed by atoms with Gasteiger partial charge < -0.3 is 11.1 Å². The maximum Gasteiger partial charge on any atom is 0.232 e. The molecule has 1 saturated heterocycles. The lowest BCUT2D eigenvalue weighted by Gasteiger charge is -2.20. The molecule has 0 spiro atoms. The van der Waals surface area contributed by atoms with E-state index in [-0.39, 0.29) is 11.7 Å². The molecule has 3 aromatic rings. The lowest BCUT2D eigenvalue weighted by atomic mass is 9.99. The number of halogens is 1. The molecule has 0 saturated carbocycles. The summed E-state index contributed by atoms with van der Waals surface area (Å²) in [4.78, 5) is 14.2. The van der Waals surface area contributed by atoms with Crippen molar-refractivity contribution in [3.63, 3.8) is 0 Å². The van der Waals surface area contributed by atoms with Gasteiger partial charge in [-0.05, 0) is 44.5 Å². The summed E-state index contributed by atoms with van der Waals surface area (Å²) in [6.45, 7) is 3.71. The first kappa shape index (κ1) is 22.9. The predicted octanol–water partition coefficient (Wildman–Crippen LogP) is 4.12. The molecule has 0 aliphatic carbocycles. The fourth-order valence-corrected chi connectivity index (χ4v) is 6.40. The molecule has 1 aliphatic heterocycles. The van der Waals surface area contributed by atoms with E-state index in [1.807, 2.05) is 13.0 Å². The van der Waals surface area contributed by atoms with Crippen LogP contribution >= 0.6 is 22.9 Å². The zero-order chi connectivity index (χ0) is 22.7. The predicted molar refractivity (Wildman–Crippen MR) is 131 cm³/mol. The average Bonchev–Trinajstić information content (AvgIpc) is 3.21. The van der Waals surface area contributed by atoms with Crippen molar-refractivity contribution >= 4 is 44.6 Å². The highest BCUT2D eigenvalue weighted by atomic mass is 35.5. The van der Waals surface area contributed by atoms with E-state index in [0.29, 0.717) is 40.0 Å². The molecule has 4 rings (SSSR count). The van der Waals surface area contributed by atoms with Gasteiger partial charge in [-0.2, -0.15) is 0 Å². The first-order chi connectivity index (χ1) is 15.4. The molecule has 0 radical (unpaired) electrons. The summed E-state index contributed by atoms with van der Waals surface area (Å²) in [7, 11) is -3.48. The van der Waals surface area contributed by atoms with Crippen LogP contribution in [0.1, 0.15) is 37.1 Å². The van der Waals surface area contributed by atoms with Gasteiger partial charge in [0.2, 0.25) is 16.0 Å². The van der Waals surface area contributed by atoms with E-state index in [1.54, 1.807) is 35.7 Å². The molecule has 2 aromatic heterocycles. The maximum atomic E-state index is 12.3. The van der Waals surface area contributed by atoms with E-state index < -0.39 is 10.0 Å². The number of anilines is 2. The van der Waals surface area contributed by atoms with Gasteiger partial charge in [0.05, 0.1) is 37.7 Å². The number of nitrogens with one attached hydrogen (secondary N) is 2. The molecule has 0 amide bonds. The van der Waals surface area contributed by atoms with E-state index in [2.05, 4.69) is 20.0 Å². The van der Waals surface area contributed by atoms with E-state index >= 15 is 0 Å². The zero-order valence-corrected chi connectivity index (χ0v) is 20.0. The Morgan fingerprint density at radius 3 is 2.75 bits per heavy atom. The second-order valence-corrected chi connectivity index (χ2v) is 10.9. The third-order valence-corrected chi connectivity index (χ3v) is 8.36. The minimum absolute atomic E-state index is 0.0234. The lowest BCUT2D eigenvalue weighted by molar-refractivity contribution is 0.459. The molecule has 170 valence electrons. The van der Waals surface area contributed by atoms with E-state index in [9.17, 15) is 8.42 Å². The third kappa shape index (κ3) is 5.03. The SMILES string of the molecule is CCCS(=O)(=O)Nc1cccc(-c2nc(C3CCNCC3)sc2-c2ccnc(N)n2)c1Cl. The zero-order valence-electron chi connectivity index (χ0n) is 17.6. The molecule has 3 heterocycles. The molecule has 0 unspecified atom stereocenters. The molecular formula is C21H25ClN6O2S2. The summed E-state index contributed by atoms with van der Waals surface area (Å²) in [5.41, 5.74) is 8.15. The van der Waals surface area contributed by atoms with Crippen LogP contribution in [0.2, 0.25) is 5.02 Å². The highest BCUT2D eigenvalue weighted by Gasteiger charge is 2.25. The minimum Gasteiger partial charge on any atom is -0.368 e. The van der Waals surface area contributed by atoms with Crippen molar-refractivity contribution in [2.45, 2.75) is 32.1 Å². The number of nitrogen functional groups attached to an aromatic ring is 1. The van der Waals surface area contributed by atoms with E-state index in [1.165, 1.54) is 0 Å². The average molecular weight is 493 g/mol. The highest BCUT2D eigenvalue weighted by Crippen LogP contribution is 2.44. The molecule has 1 fully saturated rings. The van der Waals surface area contributed by atoms with Crippen LogP contribution in [0.25, 0.3) is 21.8 Å². The van der Waals surface area contributed by atoms with Crippen LogP contribution < -0.4 is 15.8 Å². The van der Waals surface area contributed by atoms with Gasteiger partial charge in [-0.3, -0.25) is 4.72 Å². The molecule has 0 atom stereocenters. The molecule has 1 aliphatic rings. The summed E-state index contributed by atoms with van der Waals surface area (Å²) in [5.74, 6) is 0.547. The van der Waals surface area contributed by atoms with Crippen molar-refractivity contribution < 1.29 is 8.42 Å². The number of piperidine rings is 1. The number of nitrogens with two attached hydrogens (primary N) is 1. The van der Waals surface area contributed by atoms with Crippen LogP contribution in [0.3, 0.4) is 0 Å². The number of hydrogen-bond donors (Lipinski definition) is 3. The van der Waals surface area contributed by atoms with Gasteiger partial charge in [-0.1, -0.05) is 30.7 Å². The van der Waals surface area contributed by atoms with Gasteiger partial charge in [-0.25, -0.2) is 23.4 Å². The topological polar surface area (TPSA) is 123 Å². The number of sulfonamides is 1. The van der Waals surface area contributed by atoms with Crippen LogP contribution in [0.5, 0.6) is 0 Å². The summed E-state index contributed by atoms with van der Waals surface area (Å²) in [5, 5.41) is 4.70. The Hall–Kier alpha value is -2.27. The van der Waals surface area contributed by atoms with E-state index in [4.69, 9.17) is 22.3 Å². The number of hydrogen-bond acceptors (Lipinski definition) is 8. The van der Waals surface area contributed by atoms with Crippen molar-refractivity contribution in [3.8, 4) is 21.8 Å². The number of benzene rings is 1. The van der Waals surface area contributed by atoms with Crippen molar-refractivity contribution in [2.24, 2.45) is 0 Å². The van der Waals surface area contributed by atoms with Crippen molar-refractivity contribution in [3.05, 3.63) is 40.5 Å². The molecule has 1 aromatic carbocycles. The second kappa shape index (κ2) is 9.70. The van der Waals surface area contributed by atoms with Crippen LogP contribution in [-0.4, -0.2) is 42.2 Å². The Kier molecular flexibility index (Phi) is 6.94. The van der Waals surface area contributed by atoms with Gasteiger partial charge in [0.1, 0.15) is 0 Å². The smallest absolute Gasteiger partial charge is 0.232 e. The van der Waals surface area contributed by atoms with Gasteiger partial charge in [0, 0.05) is 17.7 Å². The highest BCUT2D eigenvalue weighted by molar-refractivity contribution is 7.92. The maximum absolute atomic E-state index is 12.3. The summed E-state index contributed by atoms with van der Waals surface area (Å²) >= 11 is 8.28. The summed E-state index contributed by atoms with van der Waals surface area (Å²) < 4.78 is 27.2. The Bertz CT molecular complexity index is 1210. The second-order valence-electron chi connectivity index (χ2n) is 7.64. The first-order valence-corrected chi connectivity index (χ1v) is 13.3.